The van der Waals surface area contributed by atoms with Crippen molar-refractivity contribution in [2.75, 3.05) is 19.6 Å². The van der Waals surface area contributed by atoms with Crippen LogP contribution >= 0.6 is 22.9 Å². The summed E-state index contributed by atoms with van der Waals surface area (Å²) in [6.07, 6.45) is 5.23. The van der Waals surface area contributed by atoms with Gasteiger partial charge in [-0.3, -0.25) is 4.90 Å². The van der Waals surface area contributed by atoms with Crippen molar-refractivity contribution in [2.45, 2.75) is 58.0 Å². The molecule has 114 valence electrons. The van der Waals surface area contributed by atoms with Gasteiger partial charge in [0.1, 0.15) is 0 Å². The summed E-state index contributed by atoms with van der Waals surface area (Å²) in [5.41, 5.74) is 0.244. The van der Waals surface area contributed by atoms with Gasteiger partial charge >= 0.3 is 0 Å². The molecule has 1 heterocycles. The lowest BCUT2D eigenvalue weighted by Crippen LogP contribution is -2.54. The highest BCUT2D eigenvalue weighted by molar-refractivity contribution is 7.10. The standard InChI is InChI=1S/C16H27ClN2S/c1-4-18-15(14-13(17)9-12-20-14)16(10-7-8-11-16)19(5-2)6-3/h9,12,15,18H,4-8,10-11H2,1-3H3. The Morgan fingerprint density at radius 1 is 1.30 bits per heavy atom. The summed E-state index contributed by atoms with van der Waals surface area (Å²) in [4.78, 5) is 3.98. The van der Waals surface area contributed by atoms with E-state index in [1.54, 1.807) is 11.3 Å². The molecule has 1 aromatic heterocycles. The number of nitrogens with zero attached hydrogens (tertiary/aromatic N) is 1. The molecule has 1 aliphatic rings. The average Bonchev–Trinajstić information content (AvgIpc) is 3.08. The van der Waals surface area contributed by atoms with Gasteiger partial charge in [0, 0.05) is 10.4 Å². The summed E-state index contributed by atoms with van der Waals surface area (Å²) in [6, 6.07) is 2.40. The number of hydrogen-bond acceptors (Lipinski definition) is 3. The molecule has 0 aliphatic heterocycles. The van der Waals surface area contributed by atoms with Crippen molar-refractivity contribution in [3.05, 3.63) is 21.3 Å². The van der Waals surface area contributed by atoms with E-state index in [2.05, 4.69) is 36.4 Å². The molecular weight excluding hydrogens is 288 g/mol. The lowest BCUT2D eigenvalue weighted by Gasteiger charge is -2.46. The molecule has 2 nitrogen and oxygen atoms in total. The second-order valence-corrected chi connectivity index (χ2v) is 6.96. The number of likely N-dealkylation sites (N-methyl/N-ethyl adjacent to an activating group) is 2. The smallest absolute Gasteiger partial charge is 0.0616 e. The summed E-state index contributed by atoms with van der Waals surface area (Å²) in [6.45, 7) is 9.97. The minimum absolute atomic E-state index is 0.244. The third kappa shape index (κ3) is 2.92. The Hall–Kier alpha value is -0.0900. The van der Waals surface area contributed by atoms with Crippen LogP contribution in [-0.2, 0) is 0 Å². The molecule has 1 aliphatic carbocycles. The van der Waals surface area contributed by atoms with Crippen molar-refractivity contribution in [2.24, 2.45) is 0 Å². The molecular formula is C16H27ClN2S. The molecule has 0 aromatic carbocycles. The van der Waals surface area contributed by atoms with E-state index in [0.717, 1.165) is 24.7 Å². The molecule has 4 heteroatoms. The van der Waals surface area contributed by atoms with E-state index in [-0.39, 0.29) is 5.54 Å². The fourth-order valence-corrected chi connectivity index (χ4v) is 5.22. The van der Waals surface area contributed by atoms with Crippen molar-refractivity contribution in [1.82, 2.24) is 10.2 Å². The zero-order chi connectivity index (χ0) is 14.6. The normalized spacial score (nSPS) is 19.6. The van der Waals surface area contributed by atoms with E-state index in [9.17, 15) is 0 Å². The predicted molar refractivity (Wildman–Crippen MR) is 89.9 cm³/mol. The SMILES string of the molecule is CCNC(c1sccc1Cl)C1(N(CC)CC)CCCC1. The molecule has 0 radical (unpaired) electrons. The molecule has 1 unspecified atom stereocenters. The summed E-state index contributed by atoms with van der Waals surface area (Å²) in [5, 5.41) is 6.79. The highest BCUT2D eigenvalue weighted by Crippen LogP contribution is 2.47. The van der Waals surface area contributed by atoms with Crippen molar-refractivity contribution in [3.8, 4) is 0 Å². The molecule has 1 aromatic rings. The highest BCUT2D eigenvalue weighted by Gasteiger charge is 2.46. The molecule has 0 saturated heterocycles. The number of nitrogens with one attached hydrogen (secondary N) is 1. The van der Waals surface area contributed by atoms with E-state index in [1.807, 2.05) is 6.07 Å². The van der Waals surface area contributed by atoms with E-state index in [4.69, 9.17) is 11.6 Å². The predicted octanol–water partition coefficient (Wildman–Crippen LogP) is 4.71. The molecule has 1 N–H and O–H groups in total. The maximum atomic E-state index is 6.45. The van der Waals surface area contributed by atoms with Gasteiger partial charge in [0.05, 0.1) is 11.1 Å². The number of thiophene rings is 1. The summed E-state index contributed by atoms with van der Waals surface area (Å²) in [5.74, 6) is 0. The Morgan fingerprint density at radius 2 is 1.95 bits per heavy atom. The van der Waals surface area contributed by atoms with Crippen LogP contribution in [0, 0.1) is 0 Å². The number of rotatable bonds is 7. The van der Waals surface area contributed by atoms with Crippen molar-refractivity contribution < 1.29 is 0 Å². The Balaban J connectivity index is 2.40. The molecule has 0 amide bonds. The first-order valence-corrected chi connectivity index (χ1v) is 9.16. The first-order valence-electron chi connectivity index (χ1n) is 7.90. The summed E-state index contributed by atoms with van der Waals surface area (Å²) < 4.78 is 0. The lowest BCUT2D eigenvalue weighted by molar-refractivity contribution is 0.0645. The minimum Gasteiger partial charge on any atom is -0.308 e. The highest BCUT2D eigenvalue weighted by atomic mass is 35.5. The van der Waals surface area contributed by atoms with Crippen LogP contribution in [0.5, 0.6) is 0 Å². The van der Waals surface area contributed by atoms with E-state index in [0.29, 0.717) is 6.04 Å². The summed E-state index contributed by atoms with van der Waals surface area (Å²) >= 11 is 8.25. The molecule has 0 spiro atoms. The first kappa shape index (κ1) is 16.3. The molecule has 2 rings (SSSR count). The third-order valence-corrected chi connectivity index (χ3v) is 6.14. The molecule has 0 bridgehead atoms. The zero-order valence-electron chi connectivity index (χ0n) is 12.9. The van der Waals surface area contributed by atoms with Crippen LogP contribution in [-0.4, -0.2) is 30.1 Å². The van der Waals surface area contributed by atoms with Gasteiger partial charge < -0.3 is 5.32 Å². The zero-order valence-corrected chi connectivity index (χ0v) is 14.5. The van der Waals surface area contributed by atoms with Gasteiger partial charge in [0.2, 0.25) is 0 Å². The fraction of sp³-hybridized carbons (Fsp3) is 0.750. The van der Waals surface area contributed by atoms with Gasteiger partial charge in [-0.15, -0.1) is 11.3 Å². The van der Waals surface area contributed by atoms with Crippen LogP contribution in [0.2, 0.25) is 5.02 Å². The average molecular weight is 315 g/mol. The van der Waals surface area contributed by atoms with Gasteiger partial charge in [-0.1, -0.05) is 45.2 Å². The monoisotopic (exact) mass is 314 g/mol. The molecule has 20 heavy (non-hydrogen) atoms. The van der Waals surface area contributed by atoms with Gasteiger partial charge in [-0.25, -0.2) is 0 Å². The maximum Gasteiger partial charge on any atom is 0.0616 e. The van der Waals surface area contributed by atoms with Gasteiger partial charge in [-0.05, 0) is 43.9 Å². The quantitative estimate of drug-likeness (QED) is 0.784. The van der Waals surface area contributed by atoms with Crippen LogP contribution in [0.1, 0.15) is 57.4 Å². The largest absolute Gasteiger partial charge is 0.308 e. The Bertz CT molecular complexity index is 408. The van der Waals surface area contributed by atoms with E-state index < -0.39 is 0 Å². The van der Waals surface area contributed by atoms with Crippen LogP contribution in [0.4, 0.5) is 0 Å². The second kappa shape index (κ2) is 7.26. The summed E-state index contributed by atoms with van der Waals surface area (Å²) in [7, 11) is 0. The van der Waals surface area contributed by atoms with Crippen molar-refractivity contribution >= 4 is 22.9 Å². The topological polar surface area (TPSA) is 15.3 Å². The maximum absolute atomic E-state index is 6.45. The fourth-order valence-electron chi connectivity index (χ4n) is 3.87. The van der Waals surface area contributed by atoms with Gasteiger partial charge in [0.25, 0.3) is 0 Å². The molecule has 1 saturated carbocycles. The van der Waals surface area contributed by atoms with E-state index >= 15 is 0 Å². The van der Waals surface area contributed by atoms with Crippen LogP contribution in [0.25, 0.3) is 0 Å². The van der Waals surface area contributed by atoms with Crippen LogP contribution in [0.15, 0.2) is 11.4 Å². The Kier molecular flexibility index (Phi) is 5.91. The third-order valence-electron chi connectivity index (χ3n) is 4.72. The number of hydrogen-bond donors (Lipinski definition) is 1. The Morgan fingerprint density at radius 3 is 2.40 bits per heavy atom. The molecule has 1 atom stereocenters. The van der Waals surface area contributed by atoms with Crippen LogP contribution < -0.4 is 5.32 Å². The second-order valence-electron chi connectivity index (χ2n) is 5.61. The number of halogens is 1. The Labute approximate surface area is 132 Å². The minimum atomic E-state index is 0.244. The molecule has 1 fully saturated rings. The van der Waals surface area contributed by atoms with Gasteiger partial charge in [-0.2, -0.15) is 0 Å². The first-order chi connectivity index (χ1) is 9.69. The van der Waals surface area contributed by atoms with Gasteiger partial charge in [0.15, 0.2) is 0 Å². The lowest BCUT2D eigenvalue weighted by atomic mass is 9.84. The van der Waals surface area contributed by atoms with E-state index in [1.165, 1.54) is 30.6 Å². The van der Waals surface area contributed by atoms with Crippen LogP contribution in [0.3, 0.4) is 0 Å². The van der Waals surface area contributed by atoms with Crippen molar-refractivity contribution in [1.29, 1.82) is 0 Å². The van der Waals surface area contributed by atoms with Crippen molar-refractivity contribution in [3.63, 3.8) is 0 Å².